The number of rotatable bonds is 9. The molecule has 15 heteroatoms. The fourth-order valence-corrected chi connectivity index (χ4v) is 4.27. The van der Waals surface area contributed by atoms with Crippen LogP contribution in [-0.2, 0) is 14.8 Å². The van der Waals surface area contributed by atoms with Gasteiger partial charge in [0.15, 0.2) is 17.3 Å². The first-order valence-electron chi connectivity index (χ1n) is 10.1. The first-order valence-corrected chi connectivity index (χ1v) is 11.7. The van der Waals surface area contributed by atoms with Crippen molar-refractivity contribution in [3.63, 3.8) is 0 Å². The van der Waals surface area contributed by atoms with Crippen molar-refractivity contribution in [3.05, 3.63) is 30.1 Å². The Morgan fingerprint density at radius 1 is 1.06 bits per heavy atom. The Morgan fingerprint density at radius 3 is 2.42 bits per heavy atom. The molecule has 0 saturated heterocycles. The number of anilines is 4. The topological polar surface area (TPSA) is 155 Å². The highest BCUT2D eigenvalue weighted by Gasteiger charge is 2.36. The molecule has 2 saturated carbocycles. The third-order valence-corrected chi connectivity index (χ3v) is 6.67. The first kappa shape index (κ1) is 23.1. The SMILES string of the molecule is [B]C([B])([B])NC(=O)c1nnc(NC(=O)C2CC2)cc1Nc1ncccc1NS(=O)(=O)C1CC1. The zero-order chi connectivity index (χ0) is 23.8. The van der Waals surface area contributed by atoms with Gasteiger partial charge < -0.3 is 16.0 Å². The number of carbonyl (C=O) groups excluding carboxylic acids is 2. The molecule has 2 aliphatic carbocycles. The standard InChI is InChI=1S/C18H18B3N7O4S/c19-18(20,21)25-17(30)14-12(8-13(26-27-14)24-16(29)9-3-4-9)23-15-11(2-1-7-22-15)28-33(31,32)10-5-6-10/h1-2,7-10,28H,3-6H2,(H,25,30)(H2,22,23,24,26,29). The molecule has 0 aliphatic heterocycles. The summed E-state index contributed by atoms with van der Waals surface area (Å²) < 4.78 is 27.3. The van der Waals surface area contributed by atoms with Gasteiger partial charge in [0.1, 0.15) is 0 Å². The van der Waals surface area contributed by atoms with E-state index in [0.29, 0.717) is 12.8 Å². The van der Waals surface area contributed by atoms with Crippen molar-refractivity contribution in [1.29, 1.82) is 0 Å². The highest BCUT2D eigenvalue weighted by Crippen LogP contribution is 2.33. The summed E-state index contributed by atoms with van der Waals surface area (Å²) in [6.07, 6.45) is 4.18. The van der Waals surface area contributed by atoms with Gasteiger partial charge in [0.25, 0.3) is 5.91 Å². The summed E-state index contributed by atoms with van der Waals surface area (Å²) in [7, 11) is 12.8. The van der Waals surface area contributed by atoms with E-state index in [1.54, 1.807) is 6.07 Å². The van der Waals surface area contributed by atoms with Crippen LogP contribution in [0.15, 0.2) is 24.4 Å². The average Bonchev–Trinajstić information content (AvgIpc) is 3.61. The smallest absolute Gasteiger partial charge is 0.272 e. The van der Waals surface area contributed by atoms with Crippen molar-refractivity contribution < 1.29 is 18.0 Å². The number of sulfonamides is 1. The predicted octanol–water partition coefficient (Wildman–Crippen LogP) is -0.286. The van der Waals surface area contributed by atoms with E-state index in [-0.39, 0.29) is 40.5 Å². The molecule has 0 aromatic carbocycles. The average molecular weight is 461 g/mol. The second kappa shape index (κ2) is 8.69. The highest BCUT2D eigenvalue weighted by molar-refractivity contribution is 7.93. The first-order chi connectivity index (χ1) is 15.5. The molecule has 11 nitrogen and oxygen atoms in total. The van der Waals surface area contributed by atoms with E-state index >= 15 is 0 Å². The lowest BCUT2D eigenvalue weighted by molar-refractivity contribution is -0.117. The number of hydrogen-bond donors (Lipinski definition) is 4. The van der Waals surface area contributed by atoms with Gasteiger partial charge in [-0.3, -0.25) is 14.3 Å². The number of nitrogens with zero attached hydrogens (tertiary/aromatic N) is 3. The van der Waals surface area contributed by atoms with E-state index in [1.807, 2.05) is 0 Å². The number of amides is 2. The molecule has 2 aliphatic rings. The van der Waals surface area contributed by atoms with Crippen LogP contribution in [0.3, 0.4) is 0 Å². The molecule has 2 aromatic rings. The van der Waals surface area contributed by atoms with Gasteiger partial charge in [0, 0.05) is 18.2 Å². The lowest BCUT2D eigenvalue weighted by Gasteiger charge is -2.22. The van der Waals surface area contributed by atoms with Crippen LogP contribution in [0.2, 0.25) is 0 Å². The summed E-state index contributed by atoms with van der Waals surface area (Å²) >= 11 is 0. The van der Waals surface area contributed by atoms with Crippen molar-refractivity contribution >= 4 is 68.4 Å². The summed E-state index contributed by atoms with van der Waals surface area (Å²) in [5.74, 6) is -0.969. The van der Waals surface area contributed by atoms with Crippen molar-refractivity contribution in [2.24, 2.45) is 5.92 Å². The summed E-state index contributed by atoms with van der Waals surface area (Å²) in [5.41, 5.74) is -0.0304. The zero-order valence-electron chi connectivity index (χ0n) is 17.4. The Balaban J connectivity index is 1.65. The maximum Gasteiger partial charge on any atom is 0.272 e. The summed E-state index contributed by atoms with van der Waals surface area (Å²) in [6.45, 7) is 0. The Labute approximate surface area is 194 Å². The van der Waals surface area contributed by atoms with Crippen LogP contribution in [0.25, 0.3) is 0 Å². The molecule has 2 aromatic heterocycles. The molecule has 0 spiro atoms. The van der Waals surface area contributed by atoms with E-state index in [9.17, 15) is 18.0 Å². The Bertz CT molecular complexity index is 1200. The minimum Gasteiger partial charge on any atom is -0.370 e. The molecule has 2 amide bonds. The van der Waals surface area contributed by atoms with Crippen molar-refractivity contribution in [2.75, 3.05) is 15.4 Å². The van der Waals surface area contributed by atoms with Gasteiger partial charge in [0.2, 0.25) is 15.9 Å². The third kappa shape index (κ3) is 6.03. The summed E-state index contributed by atoms with van der Waals surface area (Å²) in [6, 6.07) is 4.44. The molecule has 0 unspecified atom stereocenters. The quantitative estimate of drug-likeness (QED) is 0.372. The lowest BCUT2D eigenvalue weighted by atomic mass is 9.49. The van der Waals surface area contributed by atoms with Gasteiger partial charge in [-0.15, -0.1) is 10.2 Å². The van der Waals surface area contributed by atoms with E-state index < -0.39 is 26.4 Å². The number of hydrogen-bond acceptors (Lipinski definition) is 8. The Hall–Kier alpha value is -3.09. The molecule has 2 fully saturated rings. The molecule has 6 radical (unpaired) electrons. The monoisotopic (exact) mass is 461 g/mol. The van der Waals surface area contributed by atoms with Crippen LogP contribution in [0.1, 0.15) is 36.2 Å². The molecule has 2 heterocycles. The molecular formula is C18H18B3N7O4S. The number of aromatic nitrogens is 3. The van der Waals surface area contributed by atoms with Crippen molar-refractivity contribution in [3.8, 4) is 0 Å². The second-order valence-electron chi connectivity index (χ2n) is 8.01. The van der Waals surface area contributed by atoms with Gasteiger partial charge >= 0.3 is 0 Å². The summed E-state index contributed by atoms with van der Waals surface area (Å²) in [4.78, 5) is 28.9. The van der Waals surface area contributed by atoms with Crippen LogP contribution < -0.4 is 20.7 Å². The molecule has 4 rings (SSSR count). The maximum atomic E-state index is 12.6. The van der Waals surface area contributed by atoms with Crippen molar-refractivity contribution in [1.82, 2.24) is 20.5 Å². The van der Waals surface area contributed by atoms with E-state index in [2.05, 4.69) is 35.9 Å². The number of pyridine rings is 1. The fraction of sp³-hybridized carbons (Fsp3) is 0.389. The Kier molecular flexibility index (Phi) is 6.08. The van der Waals surface area contributed by atoms with Crippen molar-refractivity contribution in [2.45, 2.75) is 36.2 Å². The number of carbonyl (C=O) groups is 2. The third-order valence-electron chi connectivity index (χ3n) is 4.81. The maximum absolute atomic E-state index is 12.6. The van der Waals surface area contributed by atoms with E-state index in [4.69, 9.17) is 23.5 Å². The van der Waals surface area contributed by atoms with Gasteiger partial charge in [-0.2, -0.15) is 0 Å². The second-order valence-corrected chi connectivity index (χ2v) is 9.97. The van der Waals surface area contributed by atoms with Crippen LogP contribution in [0.5, 0.6) is 0 Å². The predicted molar refractivity (Wildman–Crippen MR) is 124 cm³/mol. The van der Waals surface area contributed by atoms with Crippen LogP contribution in [0, 0.1) is 5.92 Å². The molecule has 0 atom stereocenters. The minimum atomic E-state index is -3.58. The zero-order valence-corrected chi connectivity index (χ0v) is 18.2. The lowest BCUT2D eigenvalue weighted by Crippen LogP contribution is -2.50. The summed E-state index contributed by atoms with van der Waals surface area (Å²) in [5, 5.41) is 12.9. The molecular weight excluding hydrogens is 443 g/mol. The minimum absolute atomic E-state index is 0.0587. The normalized spacial score (nSPS) is 16.0. The van der Waals surface area contributed by atoms with Gasteiger partial charge in [-0.1, -0.05) is 5.24 Å². The highest BCUT2D eigenvalue weighted by atomic mass is 32.2. The van der Waals surface area contributed by atoms with Crippen LogP contribution >= 0.6 is 0 Å². The van der Waals surface area contributed by atoms with E-state index in [1.165, 1.54) is 18.3 Å². The molecule has 33 heavy (non-hydrogen) atoms. The molecule has 0 bridgehead atoms. The fourth-order valence-electron chi connectivity index (χ4n) is 2.88. The van der Waals surface area contributed by atoms with Crippen LogP contribution in [0.4, 0.5) is 23.0 Å². The largest absolute Gasteiger partial charge is 0.370 e. The van der Waals surface area contributed by atoms with Crippen LogP contribution in [-0.4, -0.2) is 69.4 Å². The number of nitrogens with one attached hydrogen (secondary N) is 4. The molecule has 4 N–H and O–H groups in total. The van der Waals surface area contributed by atoms with Gasteiger partial charge in [-0.05, 0) is 37.8 Å². The van der Waals surface area contributed by atoms with Gasteiger partial charge in [0.05, 0.1) is 40.2 Å². The molecule has 164 valence electrons. The van der Waals surface area contributed by atoms with Gasteiger partial charge in [-0.25, -0.2) is 13.4 Å². The Morgan fingerprint density at radius 2 is 1.79 bits per heavy atom. The van der Waals surface area contributed by atoms with E-state index in [0.717, 1.165) is 12.8 Å².